The Morgan fingerprint density at radius 1 is 1.45 bits per heavy atom. The van der Waals surface area contributed by atoms with Crippen molar-refractivity contribution in [1.82, 2.24) is 15.5 Å². The fourth-order valence-electron chi connectivity index (χ4n) is 3.64. The van der Waals surface area contributed by atoms with E-state index < -0.39 is 0 Å². The molecule has 5 nitrogen and oxygen atoms in total. The molecule has 0 bridgehead atoms. The zero-order chi connectivity index (χ0) is 14.6. The summed E-state index contributed by atoms with van der Waals surface area (Å²) in [5.41, 5.74) is -0.223. The Labute approximate surface area is 121 Å². The van der Waals surface area contributed by atoms with E-state index in [-0.39, 0.29) is 23.1 Å². The number of amides is 2. The van der Waals surface area contributed by atoms with Crippen molar-refractivity contribution >= 4 is 11.8 Å². The van der Waals surface area contributed by atoms with Gasteiger partial charge in [0.15, 0.2) is 0 Å². The largest absolute Gasteiger partial charge is 0.359 e. The van der Waals surface area contributed by atoms with E-state index in [0.29, 0.717) is 6.54 Å². The van der Waals surface area contributed by atoms with Gasteiger partial charge in [-0.3, -0.25) is 9.59 Å². The normalized spacial score (nSPS) is 30.3. The minimum atomic E-state index is -0.223. The summed E-state index contributed by atoms with van der Waals surface area (Å²) in [6.07, 6.45) is 4.73. The lowest BCUT2D eigenvalue weighted by Gasteiger charge is -2.38. The summed E-state index contributed by atoms with van der Waals surface area (Å²) < 4.78 is 0. The third-order valence-electron chi connectivity index (χ3n) is 4.75. The van der Waals surface area contributed by atoms with Gasteiger partial charge in [0.2, 0.25) is 11.8 Å². The number of carbonyl (C=O) groups is 2. The third kappa shape index (κ3) is 2.97. The van der Waals surface area contributed by atoms with Crippen molar-refractivity contribution in [2.45, 2.75) is 39.0 Å². The predicted molar refractivity (Wildman–Crippen MR) is 78.2 cm³/mol. The van der Waals surface area contributed by atoms with Crippen molar-refractivity contribution in [3.63, 3.8) is 0 Å². The maximum absolute atomic E-state index is 12.9. The summed E-state index contributed by atoms with van der Waals surface area (Å²) in [6, 6.07) is 0. The van der Waals surface area contributed by atoms with E-state index in [9.17, 15) is 9.59 Å². The van der Waals surface area contributed by atoms with Crippen molar-refractivity contribution in [2.75, 3.05) is 33.2 Å². The highest BCUT2D eigenvalue weighted by Crippen LogP contribution is 2.34. The minimum Gasteiger partial charge on any atom is -0.359 e. The molecule has 2 saturated heterocycles. The van der Waals surface area contributed by atoms with Gasteiger partial charge in [-0.1, -0.05) is 13.3 Å². The second-order valence-corrected chi connectivity index (χ2v) is 6.16. The van der Waals surface area contributed by atoms with Gasteiger partial charge in [0.05, 0.1) is 11.3 Å². The highest BCUT2D eigenvalue weighted by Gasteiger charge is 2.44. The summed E-state index contributed by atoms with van der Waals surface area (Å²) in [6.45, 7) is 5.25. The Balaban J connectivity index is 2.05. The first-order valence-electron chi connectivity index (χ1n) is 7.84. The van der Waals surface area contributed by atoms with Gasteiger partial charge in [-0.15, -0.1) is 0 Å². The Morgan fingerprint density at radius 3 is 2.85 bits per heavy atom. The van der Waals surface area contributed by atoms with Gasteiger partial charge < -0.3 is 15.5 Å². The van der Waals surface area contributed by atoms with E-state index >= 15 is 0 Å². The molecule has 0 saturated carbocycles. The van der Waals surface area contributed by atoms with Gasteiger partial charge in [0.1, 0.15) is 0 Å². The van der Waals surface area contributed by atoms with Crippen molar-refractivity contribution in [1.29, 1.82) is 0 Å². The van der Waals surface area contributed by atoms with Crippen LogP contribution in [0.15, 0.2) is 0 Å². The maximum atomic E-state index is 12.9. The number of carbonyl (C=O) groups excluding carboxylic acids is 2. The van der Waals surface area contributed by atoms with Crippen LogP contribution in [0, 0.1) is 11.3 Å². The Kier molecular flexibility index (Phi) is 5.02. The molecule has 0 aromatic carbocycles. The molecule has 114 valence electrons. The van der Waals surface area contributed by atoms with Crippen LogP contribution in [0.1, 0.15) is 39.0 Å². The number of hydrogen-bond donors (Lipinski definition) is 2. The second kappa shape index (κ2) is 6.57. The molecule has 0 aromatic heterocycles. The fraction of sp³-hybridized carbons (Fsp3) is 0.867. The topological polar surface area (TPSA) is 61.4 Å². The van der Waals surface area contributed by atoms with E-state index in [1.807, 2.05) is 4.90 Å². The molecule has 2 atom stereocenters. The zero-order valence-corrected chi connectivity index (χ0v) is 12.7. The molecule has 5 heteroatoms. The van der Waals surface area contributed by atoms with E-state index in [1.165, 1.54) is 0 Å². The molecule has 2 fully saturated rings. The molecule has 2 heterocycles. The number of hydrogen-bond acceptors (Lipinski definition) is 3. The molecular formula is C15H27N3O2. The Hall–Kier alpha value is -1.10. The SMILES string of the molecule is CCCC1(C(=O)N2CCCC(C(=O)NC)C2)CCNC1. The van der Waals surface area contributed by atoms with Crippen molar-refractivity contribution in [2.24, 2.45) is 11.3 Å². The summed E-state index contributed by atoms with van der Waals surface area (Å²) in [5, 5.41) is 6.05. The summed E-state index contributed by atoms with van der Waals surface area (Å²) >= 11 is 0. The predicted octanol–water partition coefficient (Wildman–Crippen LogP) is 0.751. The zero-order valence-electron chi connectivity index (χ0n) is 12.7. The average Bonchev–Trinajstić information content (AvgIpc) is 2.96. The van der Waals surface area contributed by atoms with Crippen LogP contribution in [0.2, 0.25) is 0 Å². The first kappa shape index (κ1) is 15.3. The van der Waals surface area contributed by atoms with Gasteiger partial charge in [-0.25, -0.2) is 0 Å². The van der Waals surface area contributed by atoms with Crippen molar-refractivity contribution in [3.05, 3.63) is 0 Å². The molecular weight excluding hydrogens is 254 g/mol. The first-order valence-corrected chi connectivity index (χ1v) is 7.84. The van der Waals surface area contributed by atoms with Crippen molar-refractivity contribution in [3.8, 4) is 0 Å². The summed E-state index contributed by atoms with van der Waals surface area (Å²) in [4.78, 5) is 26.7. The van der Waals surface area contributed by atoms with Crippen LogP contribution in [-0.2, 0) is 9.59 Å². The van der Waals surface area contributed by atoms with Gasteiger partial charge in [0, 0.05) is 26.7 Å². The average molecular weight is 281 g/mol. The highest BCUT2D eigenvalue weighted by atomic mass is 16.2. The van der Waals surface area contributed by atoms with E-state index in [2.05, 4.69) is 17.6 Å². The maximum Gasteiger partial charge on any atom is 0.230 e. The third-order valence-corrected chi connectivity index (χ3v) is 4.75. The number of rotatable bonds is 4. The second-order valence-electron chi connectivity index (χ2n) is 6.16. The molecule has 0 aromatic rings. The van der Waals surface area contributed by atoms with E-state index in [4.69, 9.17) is 0 Å². The van der Waals surface area contributed by atoms with Crippen LogP contribution >= 0.6 is 0 Å². The Bertz CT molecular complexity index is 364. The first-order chi connectivity index (χ1) is 9.63. The lowest BCUT2D eigenvalue weighted by Crippen LogP contribution is -2.51. The van der Waals surface area contributed by atoms with Crippen LogP contribution in [0.5, 0.6) is 0 Å². The molecule has 2 rings (SSSR count). The van der Waals surface area contributed by atoms with Crippen LogP contribution in [0.4, 0.5) is 0 Å². The van der Waals surface area contributed by atoms with Crippen LogP contribution in [0.25, 0.3) is 0 Å². The van der Waals surface area contributed by atoms with Gasteiger partial charge in [-0.2, -0.15) is 0 Å². The molecule has 2 aliphatic rings. The standard InChI is InChI=1S/C15H27N3O2/c1-3-6-15(7-8-17-11-15)14(20)18-9-4-5-12(10-18)13(19)16-2/h12,17H,3-11H2,1-2H3,(H,16,19). The molecule has 2 unspecified atom stereocenters. The quantitative estimate of drug-likeness (QED) is 0.799. The summed E-state index contributed by atoms with van der Waals surface area (Å²) in [5.74, 6) is 0.292. The minimum absolute atomic E-state index is 0.0364. The smallest absolute Gasteiger partial charge is 0.230 e. The number of nitrogens with one attached hydrogen (secondary N) is 2. The molecule has 2 amide bonds. The molecule has 20 heavy (non-hydrogen) atoms. The molecule has 2 N–H and O–H groups in total. The van der Waals surface area contributed by atoms with Crippen LogP contribution in [0.3, 0.4) is 0 Å². The van der Waals surface area contributed by atoms with Gasteiger partial charge in [-0.05, 0) is 32.2 Å². The van der Waals surface area contributed by atoms with Gasteiger partial charge in [0.25, 0.3) is 0 Å². The molecule has 0 aliphatic carbocycles. The van der Waals surface area contributed by atoms with Gasteiger partial charge >= 0.3 is 0 Å². The van der Waals surface area contributed by atoms with E-state index in [0.717, 1.165) is 51.7 Å². The van der Waals surface area contributed by atoms with E-state index in [1.54, 1.807) is 7.05 Å². The lowest BCUT2D eigenvalue weighted by atomic mass is 9.80. The number of piperidine rings is 1. The van der Waals surface area contributed by atoms with Crippen LogP contribution in [-0.4, -0.2) is 49.9 Å². The Morgan fingerprint density at radius 2 is 2.25 bits per heavy atom. The molecule has 2 aliphatic heterocycles. The van der Waals surface area contributed by atoms with Crippen molar-refractivity contribution < 1.29 is 9.59 Å². The summed E-state index contributed by atoms with van der Waals surface area (Å²) in [7, 11) is 1.67. The van der Waals surface area contributed by atoms with Crippen LogP contribution < -0.4 is 10.6 Å². The highest BCUT2D eigenvalue weighted by molar-refractivity contribution is 5.85. The molecule has 0 radical (unpaired) electrons. The number of nitrogens with zero attached hydrogens (tertiary/aromatic N) is 1. The lowest BCUT2D eigenvalue weighted by molar-refractivity contribution is -0.144. The monoisotopic (exact) mass is 281 g/mol. The fourth-order valence-corrected chi connectivity index (χ4v) is 3.64. The molecule has 0 spiro atoms. The number of likely N-dealkylation sites (tertiary alicyclic amines) is 1.